The zero-order valence-electron chi connectivity index (χ0n) is 9.56. The second-order valence-electron chi connectivity index (χ2n) is 3.86. The van der Waals surface area contributed by atoms with Crippen molar-refractivity contribution in [3.05, 3.63) is 45.0 Å². The van der Waals surface area contributed by atoms with Gasteiger partial charge in [-0.2, -0.15) is 0 Å². The van der Waals surface area contributed by atoms with Gasteiger partial charge >= 0.3 is 5.97 Å². The van der Waals surface area contributed by atoms with Crippen molar-refractivity contribution in [1.82, 2.24) is 4.57 Å². The minimum absolute atomic E-state index is 0.0142. The predicted molar refractivity (Wildman–Crippen MR) is 67.2 cm³/mol. The van der Waals surface area contributed by atoms with Gasteiger partial charge in [-0.25, -0.2) is 9.18 Å². The minimum atomic E-state index is -1.31. The van der Waals surface area contributed by atoms with Crippen LogP contribution in [0.5, 0.6) is 0 Å². The quantitative estimate of drug-likeness (QED) is 0.895. The van der Waals surface area contributed by atoms with Crippen LogP contribution in [0.2, 0.25) is 5.02 Å². The second-order valence-corrected chi connectivity index (χ2v) is 4.26. The maximum atomic E-state index is 13.4. The summed E-state index contributed by atoms with van der Waals surface area (Å²) in [7, 11) is 0. The largest absolute Gasteiger partial charge is 0.477 e. The van der Waals surface area contributed by atoms with Crippen molar-refractivity contribution >= 4 is 28.5 Å². The Morgan fingerprint density at radius 3 is 2.63 bits per heavy atom. The molecule has 0 aliphatic carbocycles. The number of nitrogens with zero attached hydrogens (tertiary/aromatic N) is 1. The number of hydrogen-bond donors (Lipinski definition) is 2. The number of pyridine rings is 1. The Labute approximate surface area is 111 Å². The van der Waals surface area contributed by atoms with Crippen molar-refractivity contribution in [2.45, 2.75) is 6.54 Å². The summed E-state index contributed by atoms with van der Waals surface area (Å²) in [4.78, 5) is 22.9. The van der Waals surface area contributed by atoms with Gasteiger partial charge in [0, 0.05) is 18.0 Å². The van der Waals surface area contributed by atoms with Gasteiger partial charge in [0.15, 0.2) is 5.43 Å². The Balaban J connectivity index is 2.94. The Morgan fingerprint density at radius 1 is 1.37 bits per heavy atom. The number of benzene rings is 1. The first kappa shape index (κ1) is 13.5. The van der Waals surface area contributed by atoms with E-state index in [1.54, 1.807) is 0 Å². The molecule has 5 nitrogen and oxygen atoms in total. The van der Waals surface area contributed by atoms with Crippen LogP contribution >= 0.6 is 11.6 Å². The molecule has 0 saturated heterocycles. The maximum Gasteiger partial charge on any atom is 0.352 e. The first-order chi connectivity index (χ1) is 8.95. The molecule has 0 amide bonds. The van der Waals surface area contributed by atoms with Crippen molar-refractivity contribution in [1.29, 1.82) is 0 Å². The van der Waals surface area contributed by atoms with Crippen molar-refractivity contribution in [2.24, 2.45) is 0 Å². The van der Waals surface area contributed by atoms with Crippen LogP contribution in [-0.2, 0) is 6.54 Å². The van der Waals surface area contributed by atoms with Crippen molar-refractivity contribution in [3.63, 3.8) is 0 Å². The standard InChI is InChI=1S/C12H9ClFNO4/c13-7-4-9-6(3-8(7)14)11(17)5-10(12(18)19)15(9)1-2-16/h3-5,16H,1-2H2,(H,18,19). The molecule has 0 aliphatic heterocycles. The lowest BCUT2D eigenvalue weighted by Gasteiger charge is -2.13. The number of carbonyl (C=O) groups is 1. The Hall–Kier alpha value is -1.92. The summed E-state index contributed by atoms with van der Waals surface area (Å²) in [6.45, 7) is -0.367. The van der Waals surface area contributed by atoms with E-state index >= 15 is 0 Å². The molecule has 2 N–H and O–H groups in total. The van der Waals surface area contributed by atoms with Gasteiger partial charge in [0.2, 0.25) is 0 Å². The Morgan fingerprint density at radius 2 is 2.05 bits per heavy atom. The van der Waals surface area contributed by atoms with Crippen LogP contribution < -0.4 is 5.43 Å². The molecular weight excluding hydrogens is 277 g/mol. The number of carboxylic acid groups (broad SMARTS) is 1. The number of rotatable bonds is 3. The molecule has 100 valence electrons. The SMILES string of the molecule is O=C(O)c1cc(=O)c2cc(F)c(Cl)cc2n1CCO. The molecule has 1 aromatic heterocycles. The highest BCUT2D eigenvalue weighted by Crippen LogP contribution is 2.22. The fraction of sp³-hybridized carbons (Fsp3) is 0.167. The summed E-state index contributed by atoms with van der Waals surface area (Å²) in [6.07, 6.45) is 0. The average Bonchev–Trinajstić information content (AvgIpc) is 2.35. The van der Waals surface area contributed by atoms with Crippen LogP contribution in [0.3, 0.4) is 0 Å². The van der Waals surface area contributed by atoms with E-state index in [0.717, 1.165) is 12.1 Å². The molecule has 7 heteroatoms. The smallest absolute Gasteiger partial charge is 0.352 e. The molecule has 1 aromatic carbocycles. The Bertz CT molecular complexity index is 726. The topological polar surface area (TPSA) is 79.5 Å². The Kier molecular flexibility index (Phi) is 3.55. The van der Waals surface area contributed by atoms with Gasteiger partial charge < -0.3 is 14.8 Å². The van der Waals surface area contributed by atoms with E-state index in [1.165, 1.54) is 10.6 Å². The predicted octanol–water partition coefficient (Wildman–Crippen LogP) is 1.48. The molecule has 0 fully saturated rings. The first-order valence-electron chi connectivity index (χ1n) is 5.32. The number of carboxylic acids is 1. The molecule has 2 aromatic rings. The van der Waals surface area contributed by atoms with E-state index < -0.39 is 17.2 Å². The number of aromatic nitrogens is 1. The fourth-order valence-electron chi connectivity index (χ4n) is 1.88. The number of aliphatic hydroxyl groups excluding tert-OH is 1. The first-order valence-corrected chi connectivity index (χ1v) is 5.70. The van der Waals surface area contributed by atoms with Crippen molar-refractivity contribution in [2.75, 3.05) is 6.61 Å². The summed E-state index contributed by atoms with van der Waals surface area (Å²) in [5, 5.41) is 17.8. The molecule has 1 heterocycles. The number of aromatic carboxylic acids is 1. The monoisotopic (exact) mass is 285 g/mol. The third kappa shape index (κ3) is 2.32. The molecule has 0 atom stereocenters. The van der Waals surface area contributed by atoms with Gasteiger partial charge in [0.05, 0.1) is 17.1 Å². The van der Waals surface area contributed by atoms with Gasteiger partial charge in [-0.05, 0) is 12.1 Å². The number of aliphatic hydroxyl groups is 1. The summed E-state index contributed by atoms with van der Waals surface area (Å²) in [5.74, 6) is -2.07. The van der Waals surface area contributed by atoms with Gasteiger partial charge in [0.25, 0.3) is 0 Å². The van der Waals surface area contributed by atoms with Gasteiger partial charge in [-0.15, -0.1) is 0 Å². The van der Waals surface area contributed by atoms with E-state index in [2.05, 4.69) is 0 Å². The molecule has 0 unspecified atom stereocenters. The van der Waals surface area contributed by atoms with E-state index in [0.29, 0.717) is 0 Å². The minimum Gasteiger partial charge on any atom is -0.477 e. The van der Waals surface area contributed by atoms with Crippen LogP contribution in [-0.4, -0.2) is 27.4 Å². The van der Waals surface area contributed by atoms with E-state index in [1.807, 2.05) is 0 Å². The molecule has 2 rings (SSSR count). The molecule has 0 spiro atoms. The fourth-order valence-corrected chi connectivity index (χ4v) is 2.04. The van der Waals surface area contributed by atoms with Crippen LogP contribution in [0.25, 0.3) is 10.9 Å². The highest BCUT2D eigenvalue weighted by atomic mass is 35.5. The summed E-state index contributed by atoms with van der Waals surface area (Å²) < 4.78 is 14.6. The molecule has 19 heavy (non-hydrogen) atoms. The lowest BCUT2D eigenvalue weighted by molar-refractivity contribution is 0.0683. The highest BCUT2D eigenvalue weighted by Gasteiger charge is 2.16. The second kappa shape index (κ2) is 4.99. The third-order valence-corrected chi connectivity index (χ3v) is 2.99. The van der Waals surface area contributed by atoms with Crippen molar-refractivity contribution in [3.8, 4) is 0 Å². The summed E-state index contributed by atoms with van der Waals surface area (Å²) in [6, 6.07) is 3.03. The zero-order chi connectivity index (χ0) is 14.2. The molecule has 0 bridgehead atoms. The van der Waals surface area contributed by atoms with Gasteiger partial charge in [0.1, 0.15) is 11.5 Å². The van der Waals surface area contributed by atoms with Gasteiger partial charge in [-0.3, -0.25) is 4.79 Å². The maximum absolute atomic E-state index is 13.4. The number of halogens is 2. The van der Waals surface area contributed by atoms with E-state index in [9.17, 15) is 14.0 Å². The van der Waals surface area contributed by atoms with Crippen molar-refractivity contribution < 1.29 is 19.4 Å². The lowest BCUT2D eigenvalue weighted by atomic mass is 10.1. The van der Waals surface area contributed by atoms with Crippen LogP contribution in [0.1, 0.15) is 10.5 Å². The van der Waals surface area contributed by atoms with Gasteiger partial charge in [-0.1, -0.05) is 11.6 Å². The van der Waals surface area contributed by atoms with Crippen LogP contribution in [0, 0.1) is 5.82 Å². The van der Waals surface area contributed by atoms with Crippen LogP contribution in [0.15, 0.2) is 23.0 Å². The highest BCUT2D eigenvalue weighted by molar-refractivity contribution is 6.31. The van der Waals surface area contributed by atoms with E-state index in [-0.39, 0.29) is 34.8 Å². The van der Waals surface area contributed by atoms with Crippen LogP contribution in [0.4, 0.5) is 4.39 Å². The molecule has 0 radical (unpaired) electrons. The molecule has 0 aliphatic rings. The average molecular weight is 286 g/mol. The summed E-state index contributed by atoms with van der Waals surface area (Å²) in [5.41, 5.74) is -0.725. The third-order valence-electron chi connectivity index (χ3n) is 2.70. The molecule has 0 saturated carbocycles. The zero-order valence-corrected chi connectivity index (χ0v) is 10.3. The molecular formula is C12H9ClFNO4. The summed E-state index contributed by atoms with van der Waals surface area (Å²) >= 11 is 5.64. The van der Waals surface area contributed by atoms with E-state index in [4.69, 9.17) is 21.8 Å². The number of fused-ring (bicyclic) bond motifs is 1. The number of hydrogen-bond acceptors (Lipinski definition) is 3. The lowest BCUT2D eigenvalue weighted by Crippen LogP contribution is -2.19. The normalized spacial score (nSPS) is 10.9.